The third-order valence-electron chi connectivity index (χ3n) is 3.70. The monoisotopic (exact) mass is 279 g/mol. The molecule has 0 aliphatic carbocycles. The van der Waals surface area contributed by atoms with Gasteiger partial charge in [-0.1, -0.05) is 46.3 Å². The molecule has 0 aromatic heterocycles. The highest BCUT2D eigenvalue weighted by atomic mass is 79.9. The predicted molar refractivity (Wildman–Crippen MR) is 67.0 cm³/mol. The van der Waals surface area contributed by atoms with Gasteiger partial charge in [0.1, 0.15) is 0 Å². The van der Waals surface area contributed by atoms with Crippen LogP contribution in [0.25, 0.3) is 0 Å². The molecule has 2 heterocycles. The first kappa shape index (κ1) is 10.5. The lowest BCUT2D eigenvalue weighted by Gasteiger charge is -2.11. The number of hydrogen-bond acceptors (Lipinski definition) is 2. The molecule has 0 spiro atoms. The van der Waals surface area contributed by atoms with Gasteiger partial charge < -0.3 is 0 Å². The zero-order valence-corrected chi connectivity index (χ0v) is 10.6. The molecule has 84 valence electrons. The fourth-order valence-corrected chi connectivity index (χ4v) is 3.51. The maximum Gasteiger partial charge on any atom is 0.181 e. The van der Waals surface area contributed by atoms with E-state index in [1.54, 1.807) is 0 Å². The van der Waals surface area contributed by atoms with Gasteiger partial charge in [-0.3, -0.25) is 9.69 Å². The molecule has 0 bridgehead atoms. The van der Waals surface area contributed by atoms with Gasteiger partial charge in [0.25, 0.3) is 0 Å². The summed E-state index contributed by atoms with van der Waals surface area (Å²) in [4.78, 5) is 14.6. The lowest BCUT2D eigenvalue weighted by Crippen LogP contribution is -2.24. The van der Waals surface area contributed by atoms with Gasteiger partial charge in [-0.25, -0.2) is 0 Å². The first-order chi connectivity index (χ1) is 7.83. The van der Waals surface area contributed by atoms with E-state index in [0.717, 1.165) is 10.9 Å². The maximum absolute atomic E-state index is 12.2. The van der Waals surface area contributed by atoms with Crippen molar-refractivity contribution >= 4 is 21.7 Å². The zero-order chi connectivity index (χ0) is 11.1. The summed E-state index contributed by atoms with van der Waals surface area (Å²) in [6.45, 7) is 0. The Kier molecular flexibility index (Phi) is 2.60. The fourth-order valence-electron chi connectivity index (χ4n) is 2.86. The minimum absolute atomic E-state index is 0.165. The molecule has 1 aromatic carbocycles. The Hall–Kier alpha value is -0.670. The molecule has 0 saturated carbocycles. The lowest BCUT2D eigenvalue weighted by molar-refractivity contribution is 0.0966. The van der Waals surface area contributed by atoms with Crippen molar-refractivity contribution in [2.75, 3.05) is 5.33 Å². The van der Waals surface area contributed by atoms with E-state index in [9.17, 15) is 4.79 Å². The highest BCUT2D eigenvalue weighted by molar-refractivity contribution is 9.09. The first-order valence-electron chi connectivity index (χ1n) is 5.75. The summed E-state index contributed by atoms with van der Waals surface area (Å²) in [6.07, 6.45) is 2.41. The van der Waals surface area contributed by atoms with Gasteiger partial charge in [0.05, 0.1) is 6.04 Å². The predicted octanol–water partition coefficient (Wildman–Crippen LogP) is 2.48. The van der Waals surface area contributed by atoms with Crippen LogP contribution >= 0.6 is 15.9 Å². The molecule has 0 amide bonds. The van der Waals surface area contributed by atoms with E-state index in [1.807, 2.05) is 30.3 Å². The maximum atomic E-state index is 12.2. The molecule has 3 heteroatoms. The highest BCUT2D eigenvalue weighted by Gasteiger charge is 2.58. The van der Waals surface area contributed by atoms with Gasteiger partial charge in [0.2, 0.25) is 0 Å². The molecule has 2 aliphatic heterocycles. The van der Waals surface area contributed by atoms with E-state index >= 15 is 0 Å². The van der Waals surface area contributed by atoms with Crippen LogP contribution in [0.4, 0.5) is 0 Å². The van der Waals surface area contributed by atoms with Crippen LogP contribution in [0.2, 0.25) is 0 Å². The van der Waals surface area contributed by atoms with Gasteiger partial charge in [0.15, 0.2) is 5.78 Å². The number of Topliss-reactive ketones (excluding diaryl/α,β-unsaturated/α-hetero) is 1. The van der Waals surface area contributed by atoms with Crippen molar-refractivity contribution in [2.45, 2.75) is 31.0 Å². The summed E-state index contributed by atoms with van der Waals surface area (Å²) in [6, 6.07) is 10.9. The topological polar surface area (TPSA) is 20.1 Å². The summed E-state index contributed by atoms with van der Waals surface area (Å²) in [5.74, 6) is 0.302. The smallest absolute Gasteiger partial charge is 0.181 e. The molecule has 1 aromatic rings. The number of hydrogen-bond donors (Lipinski definition) is 0. The van der Waals surface area contributed by atoms with Crippen LogP contribution in [-0.4, -0.2) is 34.1 Å². The van der Waals surface area contributed by atoms with Gasteiger partial charge in [-0.05, 0) is 12.8 Å². The molecule has 0 N–H and O–H groups in total. The van der Waals surface area contributed by atoms with E-state index in [-0.39, 0.29) is 6.04 Å². The van der Waals surface area contributed by atoms with Gasteiger partial charge >= 0.3 is 0 Å². The van der Waals surface area contributed by atoms with E-state index in [1.165, 1.54) is 12.8 Å². The van der Waals surface area contributed by atoms with Crippen LogP contribution in [-0.2, 0) is 0 Å². The number of ketones is 1. The summed E-state index contributed by atoms with van der Waals surface area (Å²) >= 11 is 3.52. The van der Waals surface area contributed by atoms with Gasteiger partial charge in [0, 0.05) is 23.0 Å². The number of rotatable bonds is 3. The van der Waals surface area contributed by atoms with Crippen LogP contribution in [0, 0.1) is 0 Å². The van der Waals surface area contributed by atoms with Gasteiger partial charge in [-0.15, -0.1) is 0 Å². The van der Waals surface area contributed by atoms with Crippen molar-refractivity contribution in [3.63, 3.8) is 0 Å². The fraction of sp³-hybridized carbons (Fsp3) is 0.462. The summed E-state index contributed by atoms with van der Waals surface area (Å²) in [5, 5.41) is 0.988. The lowest BCUT2D eigenvalue weighted by atomic mass is 10.0. The van der Waals surface area contributed by atoms with E-state index in [4.69, 9.17) is 0 Å². The molecule has 2 aliphatic rings. The Morgan fingerprint density at radius 1 is 1.31 bits per heavy atom. The second kappa shape index (κ2) is 3.97. The van der Waals surface area contributed by atoms with E-state index in [2.05, 4.69) is 20.8 Å². The largest absolute Gasteiger partial charge is 0.292 e. The molecule has 2 fully saturated rings. The Morgan fingerprint density at radius 2 is 2.06 bits per heavy atom. The number of carbonyl (C=O) groups excluding carboxylic acids is 1. The summed E-state index contributed by atoms with van der Waals surface area (Å²) in [7, 11) is 0. The summed E-state index contributed by atoms with van der Waals surface area (Å²) < 4.78 is 0. The average molecular weight is 280 g/mol. The molecule has 2 saturated heterocycles. The van der Waals surface area contributed by atoms with E-state index < -0.39 is 0 Å². The van der Waals surface area contributed by atoms with Gasteiger partial charge in [-0.2, -0.15) is 0 Å². The number of carbonyl (C=O) groups is 1. The minimum Gasteiger partial charge on any atom is -0.292 e. The number of alkyl halides is 1. The first-order valence-corrected chi connectivity index (χ1v) is 6.87. The molecule has 2 unspecified atom stereocenters. The molecule has 4 atom stereocenters. The van der Waals surface area contributed by atoms with Crippen LogP contribution in [0.3, 0.4) is 0 Å². The molecular weight excluding hydrogens is 266 g/mol. The Bertz CT molecular complexity index is 406. The van der Waals surface area contributed by atoms with Crippen LogP contribution in [0.1, 0.15) is 23.2 Å². The van der Waals surface area contributed by atoms with Crippen LogP contribution in [0.5, 0.6) is 0 Å². The van der Waals surface area contributed by atoms with Crippen molar-refractivity contribution in [1.82, 2.24) is 4.90 Å². The average Bonchev–Trinajstić information content (AvgIpc) is 2.91. The van der Waals surface area contributed by atoms with Crippen LogP contribution < -0.4 is 0 Å². The number of nitrogens with zero attached hydrogens (tertiary/aromatic N) is 1. The van der Waals surface area contributed by atoms with Crippen molar-refractivity contribution < 1.29 is 4.79 Å². The number of piperidine rings is 1. The zero-order valence-electron chi connectivity index (χ0n) is 8.97. The molecule has 2 nitrogen and oxygen atoms in total. The number of benzene rings is 1. The molecule has 0 radical (unpaired) electrons. The highest BCUT2D eigenvalue weighted by Crippen LogP contribution is 2.44. The summed E-state index contributed by atoms with van der Waals surface area (Å²) in [5.41, 5.74) is 0.857. The normalized spacial score (nSPS) is 35.8. The Morgan fingerprint density at radius 3 is 2.75 bits per heavy atom. The minimum atomic E-state index is 0.165. The van der Waals surface area contributed by atoms with Crippen LogP contribution in [0.15, 0.2) is 30.3 Å². The second-order valence-corrected chi connectivity index (χ2v) is 5.22. The Labute approximate surface area is 104 Å². The molecular formula is C13H14BrNO. The van der Waals surface area contributed by atoms with Crippen molar-refractivity contribution in [2.24, 2.45) is 0 Å². The van der Waals surface area contributed by atoms with Crippen molar-refractivity contribution in [1.29, 1.82) is 0 Å². The third kappa shape index (κ3) is 1.54. The Balaban J connectivity index is 1.75. The van der Waals surface area contributed by atoms with E-state index in [0.29, 0.717) is 17.9 Å². The quantitative estimate of drug-likeness (QED) is 0.481. The molecule has 3 rings (SSSR count). The number of fused-ring (bicyclic) bond motifs is 1. The second-order valence-electron chi connectivity index (χ2n) is 4.58. The van der Waals surface area contributed by atoms with Crippen molar-refractivity contribution in [3.05, 3.63) is 35.9 Å². The number of halogens is 1. The standard InChI is InChI=1S/C13H14BrNO/c14-8-10-6-7-11-12(15(10)11)13(16)9-4-2-1-3-5-9/h1-5,10-12H,6-8H2/t10?,11-,12+,15?/m1/s1. The molecule has 16 heavy (non-hydrogen) atoms. The van der Waals surface area contributed by atoms with Crippen molar-refractivity contribution in [3.8, 4) is 0 Å². The SMILES string of the molecule is O=C(c1ccccc1)[C@@H]1[C@H]2CCC(CBr)N21. The third-order valence-corrected chi connectivity index (χ3v) is 4.45.